The molecule has 0 atom stereocenters. The number of nitrogens with one attached hydrogen (secondary N) is 2. The van der Waals surface area contributed by atoms with Crippen molar-refractivity contribution in [3.63, 3.8) is 0 Å². The molecule has 1 heterocycles. The van der Waals surface area contributed by atoms with E-state index in [0.717, 1.165) is 30.6 Å². The number of hydrogen-bond donors (Lipinski definition) is 2. The van der Waals surface area contributed by atoms with E-state index in [1.54, 1.807) is 0 Å². The summed E-state index contributed by atoms with van der Waals surface area (Å²) in [6.45, 7) is 13.3. The average Bonchev–Trinajstić information content (AvgIpc) is 3.21. The number of aryl methyl sites for hydroxylation is 1. The van der Waals surface area contributed by atoms with Gasteiger partial charge in [0.15, 0.2) is 0 Å². The molecule has 3 nitrogen and oxygen atoms in total. The lowest BCUT2D eigenvalue weighted by Crippen LogP contribution is -2.25. The lowest BCUT2D eigenvalue weighted by molar-refractivity contribution is 0.304. The molecule has 118 valence electrons. The quantitative estimate of drug-likeness (QED) is 0.760. The van der Waals surface area contributed by atoms with Crippen LogP contribution in [0.5, 0.6) is 0 Å². The molecule has 0 saturated heterocycles. The minimum Gasteiger partial charge on any atom is -0.370 e. The highest BCUT2D eigenvalue weighted by molar-refractivity contribution is 5.38. The van der Waals surface area contributed by atoms with Gasteiger partial charge in [-0.05, 0) is 49.1 Å². The second kappa shape index (κ2) is 7.26. The Labute approximate surface area is 129 Å². The maximum atomic E-state index is 4.71. The van der Waals surface area contributed by atoms with Gasteiger partial charge in [0.25, 0.3) is 0 Å². The number of pyridine rings is 1. The van der Waals surface area contributed by atoms with Gasteiger partial charge in [-0.2, -0.15) is 0 Å². The second-order valence-electron chi connectivity index (χ2n) is 7.13. The third-order valence-corrected chi connectivity index (χ3v) is 4.59. The largest absolute Gasteiger partial charge is 0.370 e. The highest BCUT2D eigenvalue weighted by Crippen LogP contribution is 2.22. The minimum atomic E-state index is 0.684. The molecule has 2 N–H and O–H groups in total. The molecular formula is C18H31N3. The summed E-state index contributed by atoms with van der Waals surface area (Å²) in [6, 6.07) is 5.08. The molecule has 0 unspecified atom stereocenters. The Kier molecular flexibility index (Phi) is 5.63. The van der Waals surface area contributed by atoms with Crippen molar-refractivity contribution in [1.29, 1.82) is 0 Å². The molecule has 3 heteroatoms. The van der Waals surface area contributed by atoms with Crippen LogP contribution < -0.4 is 10.6 Å². The summed E-state index contributed by atoms with van der Waals surface area (Å²) in [5, 5.41) is 7.07. The fourth-order valence-corrected chi connectivity index (χ4v) is 2.88. The van der Waals surface area contributed by atoms with E-state index in [0.29, 0.717) is 17.8 Å². The van der Waals surface area contributed by atoms with E-state index in [2.05, 4.69) is 57.4 Å². The summed E-state index contributed by atoms with van der Waals surface area (Å²) in [5.41, 5.74) is 2.45. The zero-order chi connectivity index (χ0) is 15.4. The van der Waals surface area contributed by atoms with E-state index in [4.69, 9.17) is 4.98 Å². The fraction of sp³-hybridized carbons (Fsp3) is 0.722. The monoisotopic (exact) mass is 289 g/mol. The lowest BCUT2D eigenvalue weighted by atomic mass is 9.85. The molecule has 0 aromatic carbocycles. The van der Waals surface area contributed by atoms with Crippen molar-refractivity contribution in [2.75, 3.05) is 11.9 Å². The fourth-order valence-electron chi connectivity index (χ4n) is 2.88. The van der Waals surface area contributed by atoms with Crippen molar-refractivity contribution in [3.8, 4) is 0 Å². The smallest absolute Gasteiger partial charge is 0.126 e. The van der Waals surface area contributed by atoms with Gasteiger partial charge in [0, 0.05) is 24.8 Å². The topological polar surface area (TPSA) is 37.0 Å². The van der Waals surface area contributed by atoms with E-state index in [-0.39, 0.29) is 0 Å². The van der Waals surface area contributed by atoms with Gasteiger partial charge < -0.3 is 10.6 Å². The van der Waals surface area contributed by atoms with Crippen molar-refractivity contribution in [2.24, 2.45) is 17.8 Å². The van der Waals surface area contributed by atoms with Crippen LogP contribution in [0, 0.1) is 24.7 Å². The first kappa shape index (κ1) is 16.3. The van der Waals surface area contributed by atoms with Crippen molar-refractivity contribution in [1.82, 2.24) is 10.3 Å². The van der Waals surface area contributed by atoms with Crippen LogP contribution in [-0.2, 0) is 6.54 Å². The van der Waals surface area contributed by atoms with Gasteiger partial charge >= 0.3 is 0 Å². The van der Waals surface area contributed by atoms with Crippen LogP contribution in [0.4, 0.5) is 5.82 Å². The number of aromatic nitrogens is 1. The first-order valence-corrected chi connectivity index (χ1v) is 8.41. The van der Waals surface area contributed by atoms with E-state index < -0.39 is 0 Å². The predicted octanol–water partition coefficient (Wildman–Crippen LogP) is 3.98. The second-order valence-corrected chi connectivity index (χ2v) is 7.13. The van der Waals surface area contributed by atoms with Crippen LogP contribution in [0.25, 0.3) is 0 Å². The third kappa shape index (κ3) is 4.99. The normalized spacial score (nSPS) is 15.2. The van der Waals surface area contributed by atoms with Gasteiger partial charge in [-0.1, -0.05) is 33.8 Å². The third-order valence-electron chi connectivity index (χ3n) is 4.59. The molecule has 1 aromatic heterocycles. The average molecular weight is 289 g/mol. The summed E-state index contributed by atoms with van der Waals surface area (Å²) in [7, 11) is 0. The first-order valence-electron chi connectivity index (χ1n) is 8.41. The van der Waals surface area contributed by atoms with E-state index >= 15 is 0 Å². The van der Waals surface area contributed by atoms with Crippen molar-refractivity contribution < 1.29 is 0 Å². The zero-order valence-corrected chi connectivity index (χ0v) is 14.2. The SMILES string of the molecule is Cc1nc(NCC(C(C)C)C(C)C)ccc1CNC1CC1. The molecule has 0 bridgehead atoms. The summed E-state index contributed by atoms with van der Waals surface area (Å²) in [4.78, 5) is 4.71. The number of hydrogen-bond acceptors (Lipinski definition) is 3. The van der Waals surface area contributed by atoms with Crippen LogP contribution in [0.3, 0.4) is 0 Å². The van der Waals surface area contributed by atoms with Crippen LogP contribution in [0.1, 0.15) is 51.8 Å². The van der Waals surface area contributed by atoms with E-state index in [1.165, 1.54) is 18.4 Å². The molecule has 0 spiro atoms. The Hall–Kier alpha value is -1.09. The summed E-state index contributed by atoms with van der Waals surface area (Å²) in [6.07, 6.45) is 2.66. The first-order chi connectivity index (χ1) is 9.97. The van der Waals surface area contributed by atoms with E-state index in [9.17, 15) is 0 Å². The van der Waals surface area contributed by atoms with E-state index in [1.807, 2.05) is 0 Å². The van der Waals surface area contributed by atoms with Gasteiger partial charge in [-0.15, -0.1) is 0 Å². The molecular weight excluding hydrogens is 258 g/mol. The van der Waals surface area contributed by atoms with Crippen molar-refractivity contribution in [3.05, 3.63) is 23.4 Å². The molecule has 1 aliphatic carbocycles. The standard InChI is InChI=1S/C18H31N3/c1-12(2)17(13(3)4)11-20-18-9-6-15(14(5)21-18)10-19-16-7-8-16/h6,9,12-13,16-17,19H,7-8,10-11H2,1-5H3,(H,20,21). The molecule has 2 rings (SSSR count). The van der Waals surface area contributed by atoms with Gasteiger partial charge in [0.05, 0.1) is 0 Å². The number of anilines is 1. The molecule has 1 fully saturated rings. The van der Waals surface area contributed by atoms with Crippen molar-refractivity contribution >= 4 is 5.82 Å². The minimum absolute atomic E-state index is 0.684. The Balaban J connectivity index is 1.89. The molecule has 0 radical (unpaired) electrons. The highest BCUT2D eigenvalue weighted by atomic mass is 15.0. The lowest BCUT2D eigenvalue weighted by Gasteiger charge is -2.25. The molecule has 0 amide bonds. The predicted molar refractivity (Wildman–Crippen MR) is 90.5 cm³/mol. The highest BCUT2D eigenvalue weighted by Gasteiger charge is 2.20. The van der Waals surface area contributed by atoms with Crippen LogP contribution >= 0.6 is 0 Å². The van der Waals surface area contributed by atoms with Crippen LogP contribution in [0.2, 0.25) is 0 Å². The summed E-state index contributed by atoms with van der Waals surface area (Å²) in [5.74, 6) is 3.08. The van der Waals surface area contributed by atoms with Gasteiger partial charge in [-0.3, -0.25) is 0 Å². The molecule has 21 heavy (non-hydrogen) atoms. The van der Waals surface area contributed by atoms with Gasteiger partial charge in [0.2, 0.25) is 0 Å². The Bertz CT molecular complexity index is 442. The van der Waals surface area contributed by atoms with Gasteiger partial charge in [-0.25, -0.2) is 4.98 Å². The Morgan fingerprint density at radius 1 is 1.14 bits per heavy atom. The van der Waals surface area contributed by atoms with Gasteiger partial charge in [0.1, 0.15) is 5.82 Å². The maximum absolute atomic E-state index is 4.71. The Morgan fingerprint density at radius 2 is 1.81 bits per heavy atom. The molecule has 1 saturated carbocycles. The van der Waals surface area contributed by atoms with Crippen LogP contribution in [0.15, 0.2) is 12.1 Å². The maximum Gasteiger partial charge on any atom is 0.126 e. The molecule has 1 aliphatic rings. The molecule has 0 aliphatic heterocycles. The van der Waals surface area contributed by atoms with Crippen molar-refractivity contribution in [2.45, 2.75) is 60.0 Å². The Morgan fingerprint density at radius 3 is 2.33 bits per heavy atom. The van der Waals surface area contributed by atoms with Crippen LogP contribution in [-0.4, -0.2) is 17.6 Å². The number of rotatable bonds is 8. The summed E-state index contributed by atoms with van der Waals surface area (Å²) >= 11 is 0. The number of nitrogens with zero attached hydrogens (tertiary/aromatic N) is 1. The zero-order valence-electron chi connectivity index (χ0n) is 14.2. The summed E-state index contributed by atoms with van der Waals surface area (Å²) < 4.78 is 0. The molecule has 1 aromatic rings.